The van der Waals surface area contributed by atoms with E-state index in [0.717, 1.165) is 6.54 Å². The first-order valence-electron chi connectivity index (χ1n) is 5.95. The lowest BCUT2D eigenvalue weighted by Crippen LogP contribution is -2.35. The Morgan fingerprint density at radius 2 is 2.00 bits per heavy atom. The Morgan fingerprint density at radius 1 is 1.31 bits per heavy atom. The fraction of sp³-hybridized carbons (Fsp3) is 0.615. The summed E-state index contributed by atoms with van der Waals surface area (Å²) >= 11 is 0. The van der Waals surface area contributed by atoms with Crippen LogP contribution in [-0.4, -0.2) is 17.6 Å². The number of aromatic nitrogens is 1. The largest absolute Gasteiger partial charge is 0.367 e. The summed E-state index contributed by atoms with van der Waals surface area (Å²) in [4.78, 5) is 6.58. The van der Waals surface area contributed by atoms with Crippen LogP contribution in [0.3, 0.4) is 0 Å². The fourth-order valence-corrected chi connectivity index (χ4v) is 1.83. The van der Waals surface area contributed by atoms with E-state index in [4.69, 9.17) is 5.73 Å². The van der Waals surface area contributed by atoms with Crippen molar-refractivity contribution in [2.75, 3.05) is 11.4 Å². The minimum atomic E-state index is 0.469. The molecule has 1 aromatic rings. The summed E-state index contributed by atoms with van der Waals surface area (Å²) in [6.07, 6.45) is 3.73. The van der Waals surface area contributed by atoms with Gasteiger partial charge in [0.15, 0.2) is 0 Å². The van der Waals surface area contributed by atoms with Crippen LogP contribution in [0.25, 0.3) is 0 Å². The second kappa shape index (κ2) is 5.85. The third-order valence-corrected chi connectivity index (χ3v) is 2.60. The second-order valence-electron chi connectivity index (χ2n) is 4.85. The minimum Gasteiger partial charge on any atom is -0.367 e. The average molecular weight is 221 g/mol. The first-order valence-corrected chi connectivity index (χ1v) is 5.95. The van der Waals surface area contributed by atoms with Crippen molar-refractivity contribution in [2.24, 2.45) is 11.7 Å². The molecule has 3 heteroatoms. The van der Waals surface area contributed by atoms with Crippen molar-refractivity contribution >= 4 is 5.69 Å². The molecule has 0 unspecified atom stereocenters. The molecule has 0 spiro atoms. The number of rotatable bonds is 5. The number of hydrogen-bond donors (Lipinski definition) is 1. The molecule has 1 heterocycles. The van der Waals surface area contributed by atoms with Crippen LogP contribution in [0.1, 0.15) is 33.3 Å². The summed E-state index contributed by atoms with van der Waals surface area (Å²) < 4.78 is 0. The molecule has 0 aromatic carbocycles. The highest BCUT2D eigenvalue weighted by Gasteiger charge is 2.15. The van der Waals surface area contributed by atoms with Gasteiger partial charge in [-0.3, -0.25) is 4.98 Å². The van der Waals surface area contributed by atoms with Crippen molar-refractivity contribution in [1.29, 1.82) is 0 Å². The van der Waals surface area contributed by atoms with Crippen LogP contribution in [0.15, 0.2) is 18.5 Å². The van der Waals surface area contributed by atoms with Crippen LogP contribution < -0.4 is 10.6 Å². The Hall–Kier alpha value is -1.09. The van der Waals surface area contributed by atoms with E-state index in [9.17, 15) is 0 Å². The van der Waals surface area contributed by atoms with E-state index in [1.54, 1.807) is 6.20 Å². The number of anilines is 1. The monoisotopic (exact) mass is 221 g/mol. The van der Waals surface area contributed by atoms with Gasteiger partial charge in [0.2, 0.25) is 0 Å². The summed E-state index contributed by atoms with van der Waals surface area (Å²) in [5, 5.41) is 0. The van der Waals surface area contributed by atoms with E-state index in [0.29, 0.717) is 18.5 Å². The van der Waals surface area contributed by atoms with E-state index in [1.165, 1.54) is 11.3 Å². The normalized spacial score (nSPS) is 11.2. The van der Waals surface area contributed by atoms with Crippen LogP contribution in [-0.2, 0) is 6.54 Å². The van der Waals surface area contributed by atoms with Crippen LogP contribution in [0.5, 0.6) is 0 Å². The maximum absolute atomic E-state index is 5.76. The number of nitrogens with two attached hydrogens (primary N) is 1. The zero-order valence-electron chi connectivity index (χ0n) is 10.8. The lowest BCUT2D eigenvalue weighted by molar-refractivity contribution is 0.568. The molecule has 90 valence electrons. The molecule has 0 atom stereocenters. The third-order valence-electron chi connectivity index (χ3n) is 2.60. The standard InChI is InChI=1S/C13H23N3/c1-10(2)9-16(11(3)4)13-8-15-6-5-12(13)7-14/h5-6,8,10-11H,7,9,14H2,1-4H3. The summed E-state index contributed by atoms with van der Waals surface area (Å²) in [6.45, 7) is 10.5. The van der Waals surface area contributed by atoms with Crippen molar-refractivity contribution in [3.8, 4) is 0 Å². The molecule has 2 N–H and O–H groups in total. The average Bonchev–Trinajstić information content (AvgIpc) is 2.25. The summed E-state index contributed by atoms with van der Waals surface area (Å²) in [7, 11) is 0. The maximum atomic E-state index is 5.76. The molecule has 0 aliphatic rings. The van der Waals surface area contributed by atoms with Crippen LogP contribution in [0, 0.1) is 5.92 Å². The summed E-state index contributed by atoms with van der Waals surface area (Å²) in [5.41, 5.74) is 8.11. The quantitative estimate of drug-likeness (QED) is 0.830. The highest BCUT2D eigenvalue weighted by Crippen LogP contribution is 2.22. The minimum absolute atomic E-state index is 0.469. The zero-order chi connectivity index (χ0) is 12.1. The first-order chi connectivity index (χ1) is 7.56. The van der Waals surface area contributed by atoms with E-state index < -0.39 is 0 Å². The predicted molar refractivity (Wildman–Crippen MR) is 69.4 cm³/mol. The van der Waals surface area contributed by atoms with Crippen molar-refractivity contribution in [3.63, 3.8) is 0 Å². The molecule has 3 nitrogen and oxygen atoms in total. The van der Waals surface area contributed by atoms with Gasteiger partial charge < -0.3 is 10.6 Å². The second-order valence-corrected chi connectivity index (χ2v) is 4.85. The molecule has 1 rings (SSSR count). The molecule has 0 amide bonds. The van der Waals surface area contributed by atoms with Crippen molar-refractivity contribution < 1.29 is 0 Å². The molecular weight excluding hydrogens is 198 g/mol. The highest BCUT2D eigenvalue weighted by molar-refractivity contribution is 5.52. The van der Waals surface area contributed by atoms with Crippen molar-refractivity contribution in [2.45, 2.75) is 40.3 Å². The maximum Gasteiger partial charge on any atom is 0.0600 e. The van der Waals surface area contributed by atoms with E-state index >= 15 is 0 Å². The Bertz CT molecular complexity index is 321. The Labute approximate surface area is 98.7 Å². The number of pyridine rings is 1. The van der Waals surface area contributed by atoms with E-state index in [-0.39, 0.29) is 0 Å². The third kappa shape index (κ3) is 3.20. The summed E-state index contributed by atoms with van der Waals surface area (Å²) in [5.74, 6) is 0.633. The molecular formula is C13H23N3. The molecule has 0 fully saturated rings. The van der Waals surface area contributed by atoms with Gasteiger partial charge in [-0.15, -0.1) is 0 Å². The molecule has 0 aliphatic carbocycles. The molecule has 0 saturated carbocycles. The molecule has 1 aromatic heterocycles. The van der Waals surface area contributed by atoms with Crippen LogP contribution in [0.4, 0.5) is 5.69 Å². The Balaban J connectivity index is 3.00. The van der Waals surface area contributed by atoms with Gasteiger partial charge in [0.1, 0.15) is 0 Å². The van der Waals surface area contributed by atoms with Gasteiger partial charge in [0.05, 0.1) is 11.9 Å². The number of hydrogen-bond acceptors (Lipinski definition) is 3. The lowest BCUT2D eigenvalue weighted by Gasteiger charge is -2.32. The van der Waals surface area contributed by atoms with Gasteiger partial charge in [-0.05, 0) is 31.4 Å². The molecule has 0 bridgehead atoms. The first kappa shape index (κ1) is 13.0. The topological polar surface area (TPSA) is 42.2 Å². The van der Waals surface area contributed by atoms with Crippen LogP contribution in [0.2, 0.25) is 0 Å². The lowest BCUT2D eigenvalue weighted by atomic mass is 10.1. The molecule has 0 aliphatic heterocycles. The smallest absolute Gasteiger partial charge is 0.0600 e. The predicted octanol–water partition coefficient (Wildman–Crippen LogP) is 2.41. The molecule has 0 radical (unpaired) electrons. The van der Waals surface area contributed by atoms with Gasteiger partial charge in [0, 0.05) is 25.3 Å². The van der Waals surface area contributed by atoms with Crippen LogP contribution >= 0.6 is 0 Å². The van der Waals surface area contributed by atoms with Crippen molar-refractivity contribution in [1.82, 2.24) is 4.98 Å². The Morgan fingerprint density at radius 3 is 2.50 bits per heavy atom. The van der Waals surface area contributed by atoms with Gasteiger partial charge >= 0.3 is 0 Å². The zero-order valence-corrected chi connectivity index (χ0v) is 10.8. The molecule has 0 saturated heterocycles. The fourth-order valence-electron chi connectivity index (χ4n) is 1.83. The van der Waals surface area contributed by atoms with Gasteiger partial charge in [-0.1, -0.05) is 13.8 Å². The van der Waals surface area contributed by atoms with E-state index in [1.807, 2.05) is 12.3 Å². The summed E-state index contributed by atoms with van der Waals surface area (Å²) in [6, 6.07) is 2.47. The van der Waals surface area contributed by atoms with Gasteiger partial charge in [0.25, 0.3) is 0 Å². The van der Waals surface area contributed by atoms with Gasteiger partial charge in [-0.25, -0.2) is 0 Å². The van der Waals surface area contributed by atoms with E-state index in [2.05, 4.69) is 37.6 Å². The number of nitrogens with zero attached hydrogens (tertiary/aromatic N) is 2. The van der Waals surface area contributed by atoms with Gasteiger partial charge in [-0.2, -0.15) is 0 Å². The Kier molecular flexibility index (Phi) is 4.74. The highest BCUT2D eigenvalue weighted by atomic mass is 15.2. The SMILES string of the molecule is CC(C)CN(c1cnccc1CN)C(C)C. The molecule has 16 heavy (non-hydrogen) atoms. The van der Waals surface area contributed by atoms with Crippen molar-refractivity contribution in [3.05, 3.63) is 24.0 Å².